The van der Waals surface area contributed by atoms with E-state index in [1.807, 2.05) is 30.3 Å². The molecule has 3 nitrogen and oxygen atoms in total. The monoisotopic (exact) mass is 207 g/mol. The van der Waals surface area contributed by atoms with Crippen LogP contribution in [0.2, 0.25) is 0 Å². The van der Waals surface area contributed by atoms with Crippen LogP contribution in [-0.2, 0) is 6.54 Å². The number of nitriles is 1. The van der Waals surface area contributed by atoms with Crippen molar-refractivity contribution >= 4 is 0 Å². The topological polar surface area (TPSA) is 41.6 Å². The van der Waals surface area contributed by atoms with Gasteiger partial charge in [0, 0.05) is 11.8 Å². The van der Waals surface area contributed by atoms with Gasteiger partial charge in [0.25, 0.3) is 0 Å². The van der Waals surface area contributed by atoms with E-state index in [1.165, 1.54) is 0 Å². The molecule has 0 unspecified atom stereocenters. The first kappa shape index (κ1) is 10.0. The third-order valence-corrected chi connectivity index (χ3v) is 2.18. The summed E-state index contributed by atoms with van der Waals surface area (Å²) in [7, 11) is 0. The van der Waals surface area contributed by atoms with Crippen LogP contribution in [0.4, 0.5) is 0 Å². The summed E-state index contributed by atoms with van der Waals surface area (Å²) >= 11 is 0. The van der Waals surface area contributed by atoms with Crippen LogP contribution in [0.25, 0.3) is 11.3 Å². The summed E-state index contributed by atoms with van der Waals surface area (Å²) in [4.78, 5) is 0. The Bertz CT molecular complexity index is 567. The SMILES string of the molecule is C#CCn1cc(C#N)c(-c2ccccc2)n1. The van der Waals surface area contributed by atoms with Gasteiger partial charge in [-0.2, -0.15) is 10.4 Å². The Hall–Kier alpha value is -2.52. The normalized spacial score (nSPS) is 9.38. The Morgan fingerprint density at radius 3 is 2.69 bits per heavy atom. The van der Waals surface area contributed by atoms with Gasteiger partial charge in [0.05, 0.1) is 5.56 Å². The molecule has 3 heteroatoms. The third-order valence-electron chi connectivity index (χ3n) is 2.18. The van der Waals surface area contributed by atoms with E-state index in [1.54, 1.807) is 10.9 Å². The van der Waals surface area contributed by atoms with Crippen molar-refractivity contribution < 1.29 is 0 Å². The summed E-state index contributed by atoms with van der Waals surface area (Å²) in [5.41, 5.74) is 2.15. The summed E-state index contributed by atoms with van der Waals surface area (Å²) in [6.45, 7) is 0.377. The van der Waals surface area contributed by atoms with Crippen molar-refractivity contribution in [3.8, 4) is 29.7 Å². The number of hydrogen-bond donors (Lipinski definition) is 0. The van der Waals surface area contributed by atoms with Crippen LogP contribution in [0, 0.1) is 23.7 Å². The van der Waals surface area contributed by atoms with Crippen LogP contribution in [0.15, 0.2) is 36.5 Å². The van der Waals surface area contributed by atoms with Crippen LogP contribution in [-0.4, -0.2) is 9.78 Å². The Morgan fingerprint density at radius 2 is 2.06 bits per heavy atom. The quantitative estimate of drug-likeness (QED) is 0.707. The van der Waals surface area contributed by atoms with Crippen molar-refractivity contribution in [2.75, 3.05) is 0 Å². The van der Waals surface area contributed by atoms with Crippen LogP contribution < -0.4 is 0 Å². The Balaban J connectivity index is 2.50. The van der Waals surface area contributed by atoms with Gasteiger partial charge >= 0.3 is 0 Å². The third kappa shape index (κ3) is 1.80. The molecule has 0 amide bonds. The van der Waals surface area contributed by atoms with Crippen molar-refractivity contribution in [1.29, 1.82) is 5.26 Å². The minimum atomic E-state index is 0.377. The van der Waals surface area contributed by atoms with E-state index in [2.05, 4.69) is 17.1 Å². The van der Waals surface area contributed by atoms with Crippen molar-refractivity contribution in [2.24, 2.45) is 0 Å². The first-order valence-electron chi connectivity index (χ1n) is 4.81. The second kappa shape index (κ2) is 4.33. The highest BCUT2D eigenvalue weighted by atomic mass is 15.3. The van der Waals surface area contributed by atoms with E-state index in [9.17, 15) is 0 Å². The molecule has 0 saturated heterocycles. The number of nitrogens with zero attached hydrogens (tertiary/aromatic N) is 3. The summed E-state index contributed by atoms with van der Waals surface area (Å²) in [5.74, 6) is 2.49. The second-order valence-electron chi connectivity index (χ2n) is 3.27. The molecule has 0 N–H and O–H groups in total. The fourth-order valence-corrected chi connectivity index (χ4v) is 1.49. The summed E-state index contributed by atoms with van der Waals surface area (Å²) < 4.78 is 1.60. The van der Waals surface area contributed by atoms with E-state index >= 15 is 0 Å². The lowest BCUT2D eigenvalue weighted by atomic mass is 10.1. The molecule has 16 heavy (non-hydrogen) atoms. The molecule has 1 heterocycles. The van der Waals surface area contributed by atoms with E-state index in [0.29, 0.717) is 17.8 Å². The maximum atomic E-state index is 9.01. The van der Waals surface area contributed by atoms with Gasteiger partial charge in [-0.25, -0.2) is 0 Å². The van der Waals surface area contributed by atoms with Gasteiger partial charge in [0.2, 0.25) is 0 Å². The lowest BCUT2D eigenvalue weighted by molar-refractivity contribution is 0.718. The van der Waals surface area contributed by atoms with E-state index in [0.717, 1.165) is 5.56 Å². The van der Waals surface area contributed by atoms with Crippen molar-refractivity contribution in [3.63, 3.8) is 0 Å². The molecule has 76 valence electrons. The zero-order valence-electron chi connectivity index (χ0n) is 8.59. The van der Waals surface area contributed by atoms with Gasteiger partial charge in [-0.1, -0.05) is 36.3 Å². The molecule has 0 bridgehead atoms. The van der Waals surface area contributed by atoms with E-state index < -0.39 is 0 Å². The highest BCUT2D eigenvalue weighted by Gasteiger charge is 2.09. The average molecular weight is 207 g/mol. The number of rotatable bonds is 2. The first-order chi connectivity index (χ1) is 7.85. The number of aromatic nitrogens is 2. The number of terminal acetylenes is 1. The minimum absolute atomic E-state index is 0.377. The van der Waals surface area contributed by atoms with Gasteiger partial charge in [-0.05, 0) is 0 Å². The fraction of sp³-hybridized carbons (Fsp3) is 0.0769. The molecule has 0 radical (unpaired) electrons. The smallest absolute Gasteiger partial charge is 0.110 e. The molecule has 0 aliphatic carbocycles. The molecule has 0 aliphatic rings. The Morgan fingerprint density at radius 1 is 1.31 bits per heavy atom. The highest BCUT2D eigenvalue weighted by Crippen LogP contribution is 2.20. The molecule has 2 aromatic rings. The van der Waals surface area contributed by atoms with Crippen LogP contribution in [0.3, 0.4) is 0 Å². The van der Waals surface area contributed by atoms with Crippen molar-refractivity contribution in [2.45, 2.75) is 6.54 Å². The Kier molecular flexibility index (Phi) is 2.71. The predicted molar refractivity (Wildman–Crippen MR) is 61.2 cm³/mol. The van der Waals surface area contributed by atoms with Crippen LogP contribution >= 0.6 is 0 Å². The lowest BCUT2D eigenvalue weighted by Crippen LogP contribution is -1.95. The second-order valence-corrected chi connectivity index (χ2v) is 3.27. The molecule has 0 atom stereocenters. The average Bonchev–Trinajstić information content (AvgIpc) is 2.74. The molecule has 2 rings (SSSR count). The molecule has 1 aromatic carbocycles. The maximum Gasteiger partial charge on any atom is 0.110 e. The predicted octanol–water partition coefficient (Wildman–Crippen LogP) is 2.05. The zero-order valence-corrected chi connectivity index (χ0v) is 8.59. The van der Waals surface area contributed by atoms with Crippen molar-refractivity contribution in [3.05, 3.63) is 42.1 Å². The maximum absolute atomic E-state index is 9.01. The zero-order chi connectivity index (χ0) is 11.4. The van der Waals surface area contributed by atoms with Gasteiger partial charge in [-0.15, -0.1) is 6.42 Å². The van der Waals surface area contributed by atoms with Gasteiger partial charge in [0.15, 0.2) is 0 Å². The lowest BCUT2D eigenvalue weighted by Gasteiger charge is -1.95. The number of hydrogen-bond acceptors (Lipinski definition) is 2. The van der Waals surface area contributed by atoms with Gasteiger partial charge in [0.1, 0.15) is 18.3 Å². The molecular weight excluding hydrogens is 198 g/mol. The molecule has 0 fully saturated rings. The van der Waals surface area contributed by atoms with Crippen LogP contribution in [0.1, 0.15) is 5.56 Å². The summed E-state index contributed by atoms with van der Waals surface area (Å²) in [6, 6.07) is 11.7. The molecule has 0 saturated carbocycles. The minimum Gasteiger partial charge on any atom is -0.259 e. The van der Waals surface area contributed by atoms with E-state index in [-0.39, 0.29) is 0 Å². The Labute approximate surface area is 93.9 Å². The fourth-order valence-electron chi connectivity index (χ4n) is 1.49. The summed E-state index contributed by atoms with van der Waals surface area (Å²) in [6.07, 6.45) is 6.88. The molecule has 1 aromatic heterocycles. The first-order valence-corrected chi connectivity index (χ1v) is 4.81. The standard InChI is InChI=1S/C13H9N3/c1-2-8-16-10-12(9-14)13(15-16)11-6-4-3-5-7-11/h1,3-7,10H,8H2. The molecular formula is C13H9N3. The molecule has 0 aliphatic heterocycles. The van der Waals surface area contributed by atoms with Gasteiger partial charge in [-0.3, -0.25) is 4.68 Å². The highest BCUT2D eigenvalue weighted by molar-refractivity contribution is 5.65. The summed E-state index contributed by atoms with van der Waals surface area (Å²) in [5, 5.41) is 13.3. The van der Waals surface area contributed by atoms with Crippen molar-refractivity contribution in [1.82, 2.24) is 9.78 Å². The van der Waals surface area contributed by atoms with E-state index in [4.69, 9.17) is 11.7 Å². The number of benzene rings is 1. The molecule has 0 spiro atoms. The largest absolute Gasteiger partial charge is 0.259 e. The van der Waals surface area contributed by atoms with Gasteiger partial charge < -0.3 is 0 Å². The van der Waals surface area contributed by atoms with Crippen LogP contribution in [0.5, 0.6) is 0 Å².